The summed E-state index contributed by atoms with van der Waals surface area (Å²) in [5.74, 6) is -1.12. The maximum Gasteiger partial charge on any atom is 0.310 e. The Labute approximate surface area is 128 Å². The summed E-state index contributed by atoms with van der Waals surface area (Å²) in [6.45, 7) is 0. The molecule has 3 rings (SSSR count). The molecule has 1 saturated heterocycles. The van der Waals surface area contributed by atoms with Gasteiger partial charge in [0.2, 0.25) is 0 Å². The molecule has 0 amide bonds. The number of hydrogen-bond acceptors (Lipinski definition) is 2. The summed E-state index contributed by atoms with van der Waals surface area (Å²) in [6.07, 6.45) is 11.0. The van der Waals surface area contributed by atoms with Crippen molar-refractivity contribution >= 4 is 21.9 Å². The van der Waals surface area contributed by atoms with Crippen LogP contribution >= 0.6 is 15.9 Å². The molecule has 112 valence electrons. The summed E-state index contributed by atoms with van der Waals surface area (Å²) in [4.78, 5) is 11.4. The quantitative estimate of drug-likeness (QED) is 0.577. The van der Waals surface area contributed by atoms with Crippen molar-refractivity contribution < 1.29 is 14.6 Å². The molecule has 0 saturated carbocycles. The number of halogens is 1. The lowest BCUT2D eigenvalue weighted by molar-refractivity contribution is -0.142. The molecule has 2 aliphatic heterocycles. The number of rotatable bonds is 1. The molecule has 0 aromatic heterocycles. The van der Waals surface area contributed by atoms with Gasteiger partial charge in [-0.2, -0.15) is 0 Å². The molecular weight excluding hydrogens is 320 g/mol. The lowest BCUT2D eigenvalue weighted by Crippen LogP contribution is -2.35. The minimum absolute atomic E-state index is 0.0110. The van der Waals surface area contributed by atoms with Gasteiger partial charge in [0.25, 0.3) is 0 Å². The third-order valence-electron chi connectivity index (χ3n) is 5.03. The molecule has 2 bridgehead atoms. The van der Waals surface area contributed by atoms with E-state index in [9.17, 15) is 9.90 Å². The van der Waals surface area contributed by atoms with E-state index in [1.54, 1.807) is 0 Å². The highest BCUT2D eigenvalue weighted by atomic mass is 79.9. The van der Waals surface area contributed by atoms with Crippen LogP contribution < -0.4 is 0 Å². The van der Waals surface area contributed by atoms with Gasteiger partial charge in [-0.25, -0.2) is 0 Å². The van der Waals surface area contributed by atoms with E-state index in [2.05, 4.69) is 15.9 Å². The second-order valence-electron chi connectivity index (χ2n) is 6.31. The molecule has 1 aliphatic carbocycles. The van der Waals surface area contributed by atoms with Crippen LogP contribution in [0.4, 0.5) is 0 Å². The largest absolute Gasteiger partial charge is 0.481 e. The molecule has 1 N–H and O–H groups in total. The Bertz CT molecular complexity index is 418. The molecule has 0 radical (unpaired) electrons. The topological polar surface area (TPSA) is 46.5 Å². The predicted octanol–water partition coefficient (Wildman–Crippen LogP) is 4.05. The molecule has 2 heterocycles. The lowest BCUT2D eigenvalue weighted by Gasteiger charge is -2.25. The van der Waals surface area contributed by atoms with Gasteiger partial charge in [0.1, 0.15) is 5.92 Å². The van der Waals surface area contributed by atoms with Crippen LogP contribution in [-0.4, -0.2) is 28.1 Å². The van der Waals surface area contributed by atoms with Crippen molar-refractivity contribution in [3.05, 3.63) is 11.1 Å². The first-order valence-electron chi connectivity index (χ1n) is 7.94. The molecule has 0 aromatic rings. The summed E-state index contributed by atoms with van der Waals surface area (Å²) in [5, 5.41) is 9.43. The van der Waals surface area contributed by atoms with Crippen LogP contribution in [0.25, 0.3) is 0 Å². The first-order valence-corrected chi connectivity index (χ1v) is 8.86. The summed E-state index contributed by atoms with van der Waals surface area (Å²) in [7, 11) is 0. The molecule has 20 heavy (non-hydrogen) atoms. The van der Waals surface area contributed by atoms with Crippen molar-refractivity contribution in [1.82, 2.24) is 0 Å². The second kappa shape index (κ2) is 6.18. The highest BCUT2D eigenvalue weighted by molar-refractivity contribution is 9.09. The lowest BCUT2D eigenvalue weighted by atomic mass is 9.80. The fourth-order valence-electron chi connectivity index (χ4n) is 4.00. The molecular formula is C16H23BrO3. The van der Waals surface area contributed by atoms with Gasteiger partial charge in [-0.3, -0.25) is 4.79 Å². The molecule has 4 unspecified atom stereocenters. The number of carboxylic acids is 1. The molecule has 0 aromatic carbocycles. The van der Waals surface area contributed by atoms with Gasteiger partial charge in [0, 0.05) is 0 Å². The fraction of sp³-hybridized carbons (Fsp3) is 0.812. The Morgan fingerprint density at radius 3 is 2.00 bits per heavy atom. The fourth-order valence-corrected chi connectivity index (χ4v) is 4.94. The van der Waals surface area contributed by atoms with Gasteiger partial charge >= 0.3 is 5.97 Å². The van der Waals surface area contributed by atoms with Crippen LogP contribution in [0.15, 0.2) is 11.1 Å². The minimum Gasteiger partial charge on any atom is -0.481 e. The van der Waals surface area contributed by atoms with E-state index in [0.29, 0.717) is 0 Å². The van der Waals surface area contributed by atoms with E-state index >= 15 is 0 Å². The zero-order valence-electron chi connectivity index (χ0n) is 11.8. The first kappa shape index (κ1) is 14.6. The average molecular weight is 343 g/mol. The number of fused-ring (bicyclic) bond motifs is 4. The van der Waals surface area contributed by atoms with Crippen LogP contribution in [0.3, 0.4) is 0 Å². The van der Waals surface area contributed by atoms with Crippen LogP contribution in [0.1, 0.15) is 57.8 Å². The van der Waals surface area contributed by atoms with E-state index in [-0.39, 0.29) is 17.0 Å². The Hall–Kier alpha value is -0.350. The van der Waals surface area contributed by atoms with Crippen LogP contribution in [0.2, 0.25) is 0 Å². The second-order valence-corrected chi connectivity index (χ2v) is 7.37. The normalized spacial score (nSPS) is 38.5. The van der Waals surface area contributed by atoms with Gasteiger partial charge in [-0.05, 0) is 36.8 Å². The predicted molar refractivity (Wildman–Crippen MR) is 81.1 cm³/mol. The van der Waals surface area contributed by atoms with E-state index < -0.39 is 11.9 Å². The summed E-state index contributed by atoms with van der Waals surface area (Å²) in [5.41, 5.74) is 2.76. The Balaban J connectivity index is 1.82. The Morgan fingerprint density at radius 2 is 1.45 bits per heavy atom. The van der Waals surface area contributed by atoms with E-state index in [1.807, 2.05) is 0 Å². The van der Waals surface area contributed by atoms with Gasteiger partial charge in [0.15, 0.2) is 0 Å². The maximum atomic E-state index is 11.5. The third kappa shape index (κ3) is 2.57. The Morgan fingerprint density at radius 1 is 0.950 bits per heavy atom. The highest BCUT2D eigenvalue weighted by Crippen LogP contribution is 2.49. The summed E-state index contributed by atoms with van der Waals surface area (Å²) in [6, 6.07) is 0. The average Bonchev–Trinajstić information content (AvgIpc) is 2.90. The number of aliphatic carboxylic acids is 1. The molecule has 0 spiro atoms. The van der Waals surface area contributed by atoms with Crippen molar-refractivity contribution in [2.75, 3.05) is 0 Å². The molecule has 4 heteroatoms. The molecule has 3 nitrogen and oxygen atoms in total. The van der Waals surface area contributed by atoms with Crippen molar-refractivity contribution in [1.29, 1.82) is 0 Å². The van der Waals surface area contributed by atoms with Gasteiger partial charge < -0.3 is 9.84 Å². The van der Waals surface area contributed by atoms with Crippen LogP contribution in [-0.2, 0) is 9.53 Å². The van der Waals surface area contributed by atoms with E-state index in [4.69, 9.17) is 4.74 Å². The van der Waals surface area contributed by atoms with Crippen molar-refractivity contribution in [2.24, 2.45) is 5.92 Å². The molecule has 4 atom stereocenters. The van der Waals surface area contributed by atoms with Crippen molar-refractivity contribution in [3.8, 4) is 0 Å². The zero-order valence-corrected chi connectivity index (χ0v) is 13.4. The van der Waals surface area contributed by atoms with Crippen molar-refractivity contribution in [3.63, 3.8) is 0 Å². The SMILES string of the molecule is O=C(O)C1C2OC(C3=C2CCCCCCCCC3)C1Br. The molecule has 3 aliphatic rings. The van der Waals surface area contributed by atoms with Gasteiger partial charge in [-0.1, -0.05) is 48.0 Å². The first-order chi connectivity index (χ1) is 9.70. The summed E-state index contributed by atoms with van der Waals surface area (Å²) < 4.78 is 6.03. The van der Waals surface area contributed by atoms with Gasteiger partial charge in [-0.15, -0.1) is 0 Å². The number of carbonyl (C=O) groups is 1. The Kier molecular flexibility index (Phi) is 4.51. The van der Waals surface area contributed by atoms with Crippen molar-refractivity contribution in [2.45, 2.75) is 74.8 Å². The smallest absolute Gasteiger partial charge is 0.310 e. The minimum atomic E-state index is -0.722. The monoisotopic (exact) mass is 342 g/mol. The maximum absolute atomic E-state index is 11.5. The number of ether oxygens (including phenoxy) is 1. The third-order valence-corrected chi connectivity index (χ3v) is 6.08. The number of alkyl halides is 1. The number of carboxylic acid groups (broad SMARTS) is 1. The van der Waals surface area contributed by atoms with Crippen LogP contribution in [0.5, 0.6) is 0 Å². The summed E-state index contributed by atoms with van der Waals surface area (Å²) >= 11 is 3.58. The highest BCUT2D eigenvalue weighted by Gasteiger charge is 2.55. The number of hydrogen-bond donors (Lipinski definition) is 1. The van der Waals surface area contributed by atoms with E-state index in [1.165, 1.54) is 56.1 Å². The van der Waals surface area contributed by atoms with Gasteiger partial charge in [0.05, 0.1) is 17.0 Å². The van der Waals surface area contributed by atoms with E-state index in [0.717, 1.165) is 12.8 Å². The van der Waals surface area contributed by atoms with Crippen LogP contribution in [0, 0.1) is 5.92 Å². The standard InChI is InChI=1S/C16H23BrO3/c17-13-12(16(18)19)14-10-8-6-4-2-1-3-5-7-9-11(10)15(13)20-14/h12-15H,1-9H2,(H,18,19). The molecule has 1 fully saturated rings. The zero-order chi connectivity index (χ0) is 14.1.